The number of aliphatic hydroxyl groups excluding tert-OH is 2. The van der Waals surface area contributed by atoms with E-state index in [9.17, 15) is 10.2 Å². The zero-order valence-corrected chi connectivity index (χ0v) is 15.4. The van der Waals surface area contributed by atoms with Gasteiger partial charge in [-0.15, -0.1) is 0 Å². The van der Waals surface area contributed by atoms with Crippen LogP contribution in [0.4, 0.5) is 0 Å². The first-order valence-corrected chi connectivity index (χ1v) is 9.33. The molecule has 2 nitrogen and oxygen atoms in total. The summed E-state index contributed by atoms with van der Waals surface area (Å²) in [7, 11) is 0. The molecule has 0 aliphatic heterocycles. The van der Waals surface area contributed by atoms with Gasteiger partial charge in [-0.3, -0.25) is 0 Å². The maximum Gasteiger partial charge on any atom is 0.0601 e. The first kappa shape index (κ1) is 16.8. The van der Waals surface area contributed by atoms with Crippen molar-refractivity contribution in [2.75, 3.05) is 0 Å². The number of hydrogen-bond acceptors (Lipinski definition) is 2. The van der Waals surface area contributed by atoms with Gasteiger partial charge in [-0.2, -0.15) is 0 Å². The molecule has 2 heteroatoms. The van der Waals surface area contributed by atoms with Crippen LogP contribution in [0.25, 0.3) is 0 Å². The highest BCUT2D eigenvalue weighted by atomic mass is 16.3. The Labute approximate surface area is 136 Å². The van der Waals surface area contributed by atoms with Crippen LogP contribution in [-0.2, 0) is 0 Å². The zero-order chi connectivity index (χ0) is 16.6. The van der Waals surface area contributed by atoms with Crippen molar-refractivity contribution in [1.29, 1.82) is 0 Å². The fraction of sp³-hybridized carbons (Fsp3) is 1.00. The summed E-state index contributed by atoms with van der Waals surface area (Å²) < 4.78 is 0. The SMILES string of the molecule is CC1(C)C2CCC1(C)C(O)C2.CC1(C)C2CCC1(C)C(O)C2. The average Bonchev–Trinajstić information content (AvgIpc) is 2.91. The van der Waals surface area contributed by atoms with Crippen LogP contribution in [0.3, 0.4) is 0 Å². The van der Waals surface area contributed by atoms with Crippen LogP contribution < -0.4 is 0 Å². The maximum atomic E-state index is 9.81. The van der Waals surface area contributed by atoms with Crippen LogP contribution in [0.2, 0.25) is 0 Å². The van der Waals surface area contributed by atoms with Gasteiger partial charge in [0.05, 0.1) is 12.2 Å². The van der Waals surface area contributed by atoms with Gasteiger partial charge in [0.15, 0.2) is 0 Å². The van der Waals surface area contributed by atoms with E-state index < -0.39 is 0 Å². The molecule has 4 aliphatic rings. The fourth-order valence-electron chi connectivity index (χ4n) is 6.32. The van der Waals surface area contributed by atoms with E-state index in [1.165, 1.54) is 25.7 Å². The van der Waals surface area contributed by atoms with E-state index in [1.54, 1.807) is 0 Å². The third-order valence-corrected chi connectivity index (χ3v) is 9.50. The molecule has 0 aromatic rings. The van der Waals surface area contributed by atoms with E-state index in [0.717, 1.165) is 24.7 Å². The normalized spacial score (nSPS) is 53.5. The molecule has 6 atom stereocenters. The molecule has 4 aliphatic carbocycles. The Kier molecular flexibility index (Phi) is 3.60. The van der Waals surface area contributed by atoms with Gasteiger partial charge in [-0.25, -0.2) is 0 Å². The predicted molar refractivity (Wildman–Crippen MR) is 90.5 cm³/mol. The van der Waals surface area contributed by atoms with Crippen molar-refractivity contribution in [3.05, 3.63) is 0 Å². The Hall–Kier alpha value is -0.0800. The molecule has 4 saturated carbocycles. The van der Waals surface area contributed by atoms with Crippen molar-refractivity contribution in [2.45, 2.75) is 92.3 Å². The van der Waals surface area contributed by atoms with E-state index in [2.05, 4.69) is 41.5 Å². The Balaban J connectivity index is 0.000000131. The minimum absolute atomic E-state index is 0.0313. The first-order chi connectivity index (χ1) is 9.97. The van der Waals surface area contributed by atoms with Crippen molar-refractivity contribution in [3.63, 3.8) is 0 Å². The minimum atomic E-state index is -0.0313. The van der Waals surface area contributed by atoms with Gasteiger partial charge in [-0.05, 0) is 72.0 Å². The van der Waals surface area contributed by atoms with E-state index in [4.69, 9.17) is 0 Å². The number of rotatable bonds is 0. The molecule has 0 radical (unpaired) electrons. The van der Waals surface area contributed by atoms with Gasteiger partial charge in [0.1, 0.15) is 0 Å². The van der Waals surface area contributed by atoms with Gasteiger partial charge in [0, 0.05) is 0 Å². The largest absolute Gasteiger partial charge is 0.393 e. The molecule has 0 saturated heterocycles. The summed E-state index contributed by atoms with van der Waals surface area (Å²) in [4.78, 5) is 0. The molecule has 0 aromatic carbocycles. The van der Waals surface area contributed by atoms with Crippen LogP contribution in [0.5, 0.6) is 0 Å². The molecule has 2 N–H and O–H groups in total. The molecule has 6 unspecified atom stereocenters. The molecular weight excluding hydrogens is 272 g/mol. The van der Waals surface area contributed by atoms with Gasteiger partial charge >= 0.3 is 0 Å². The average molecular weight is 309 g/mol. The van der Waals surface area contributed by atoms with Crippen molar-refractivity contribution in [3.8, 4) is 0 Å². The summed E-state index contributed by atoms with van der Waals surface area (Å²) in [5.74, 6) is 1.56. The lowest BCUT2D eigenvalue weighted by Crippen LogP contribution is -2.35. The lowest BCUT2D eigenvalue weighted by molar-refractivity contribution is 0.0125. The van der Waals surface area contributed by atoms with Gasteiger partial charge in [0.2, 0.25) is 0 Å². The molecule has 128 valence electrons. The highest BCUT2D eigenvalue weighted by Crippen LogP contribution is 2.66. The monoisotopic (exact) mass is 308 g/mol. The summed E-state index contributed by atoms with van der Waals surface area (Å²) >= 11 is 0. The molecular formula is C20H36O2. The highest BCUT2D eigenvalue weighted by Gasteiger charge is 2.61. The summed E-state index contributed by atoms with van der Waals surface area (Å²) in [6.07, 6.45) is 7.15. The van der Waals surface area contributed by atoms with Crippen molar-refractivity contribution < 1.29 is 10.2 Å². The fourth-order valence-corrected chi connectivity index (χ4v) is 6.32. The zero-order valence-electron chi connectivity index (χ0n) is 15.4. The minimum Gasteiger partial charge on any atom is -0.393 e. The van der Waals surface area contributed by atoms with Crippen LogP contribution in [0.1, 0.15) is 80.1 Å². The highest BCUT2D eigenvalue weighted by molar-refractivity contribution is 5.11. The standard InChI is InChI=1S/2C10H18O/c2*1-9(2)7-4-5-10(9,3)8(11)6-7/h2*7-8,11H,4-6H2,1-3H3. The molecule has 0 heterocycles. The number of aliphatic hydroxyl groups is 2. The number of hydrogen-bond donors (Lipinski definition) is 2. The van der Waals surface area contributed by atoms with E-state index in [1.807, 2.05) is 0 Å². The van der Waals surface area contributed by atoms with Gasteiger partial charge in [-0.1, -0.05) is 41.5 Å². The van der Waals surface area contributed by atoms with Gasteiger partial charge in [0.25, 0.3) is 0 Å². The van der Waals surface area contributed by atoms with Crippen LogP contribution in [0, 0.1) is 33.5 Å². The number of fused-ring (bicyclic) bond motifs is 4. The molecule has 0 spiro atoms. The first-order valence-electron chi connectivity index (χ1n) is 9.33. The lowest BCUT2D eigenvalue weighted by atomic mass is 9.70. The Morgan fingerprint density at radius 2 is 0.955 bits per heavy atom. The molecule has 0 amide bonds. The Bertz CT molecular complexity index is 413. The lowest BCUT2D eigenvalue weighted by Gasteiger charge is -2.36. The van der Waals surface area contributed by atoms with Crippen molar-refractivity contribution in [1.82, 2.24) is 0 Å². The topological polar surface area (TPSA) is 40.5 Å². The van der Waals surface area contributed by atoms with E-state index in [0.29, 0.717) is 10.8 Å². The summed E-state index contributed by atoms with van der Waals surface area (Å²) in [5, 5.41) is 19.6. The molecule has 4 bridgehead atoms. The smallest absolute Gasteiger partial charge is 0.0601 e. The van der Waals surface area contributed by atoms with E-state index in [-0.39, 0.29) is 23.0 Å². The molecule has 0 aromatic heterocycles. The third-order valence-electron chi connectivity index (χ3n) is 9.50. The maximum absolute atomic E-state index is 9.81. The van der Waals surface area contributed by atoms with Crippen LogP contribution in [-0.4, -0.2) is 22.4 Å². The Morgan fingerprint density at radius 1 is 0.636 bits per heavy atom. The second kappa shape index (κ2) is 4.72. The third kappa shape index (κ3) is 1.86. The van der Waals surface area contributed by atoms with Crippen molar-refractivity contribution >= 4 is 0 Å². The Morgan fingerprint density at radius 3 is 1.05 bits per heavy atom. The van der Waals surface area contributed by atoms with E-state index >= 15 is 0 Å². The van der Waals surface area contributed by atoms with Crippen molar-refractivity contribution in [2.24, 2.45) is 33.5 Å². The molecule has 4 rings (SSSR count). The summed E-state index contributed by atoms with van der Waals surface area (Å²) in [6.45, 7) is 13.8. The molecule has 22 heavy (non-hydrogen) atoms. The quantitative estimate of drug-likeness (QED) is 0.697. The molecule has 4 fully saturated rings. The predicted octanol–water partition coefficient (Wildman–Crippen LogP) is 4.39. The van der Waals surface area contributed by atoms with Crippen LogP contribution in [0.15, 0.2) is 0 Å². The summed E-state index contributed by atoms with van der Waals surface area (Å²) in [6, 6.07) is 0. The summed E-state index contributed by atoms with van der Waals surface area (Å²) in [5.41, 5.74) is 1.20. The van der Waals surface area contributed by atoms with Crippen LogP contribution >= 0.6 is 0 Å². The second-order valence-electron chi connectivity index (χ2n) is 10.3. The second-order valence-corrected chi connectivity index (χ2v) is 10.3. The van der Waals surface area contributed by atoms with Gasteiger partial charge < -0.3 is 10.2 Å².